The SMILES string of the molecule is CCC1CN(c2ccc3c(c2)NC(=O)C3=O)CCN1C. The Morgan fingerprint density at radius 2 is 2.10 bits per heavy atom. The monoisotopic (exact) mass is 273 g/mol. The Labute approximate surface area is 118 Å². The zero-order valence-corrected chi connectivity index (χ0v) is 11.8. The van der Waals surface area contributed by atoms with Crippen molar-refractivity contribution < 1.29 is 9.59 Å². The van der Waals surface area contributed by atoms with Gasteiger partial charge in [0, 0.05) is 31.4 Å². The third kappa shape index (κ3) is 2.08. The minimum absolute atomic E-state index is 0.434. The number of carbonyl (C=O) groups excluding carboxylic acids is 2. The lowest BCUT2D eigenvalue weighted by Gasteiger charge is -2.40. The molecule has 5 nitrogen and oxygen atoms in total. The molecule has 3 rings (SSSR count). The van der Waals surface area contributed by atoms with Crippen LogP contribution in [-0.2, 0) is 4.79 Å². The first-order valence-electron chi connectivity index (χ1n) is 7.05. The number of anilines is 2. The predicted octanol–water partition coefficient (Wildman–Crippen LogP) is 1.35. The summed E-state index contributed by atoms with van der Waals surface area (Å²) in [6, 6.07) is 6.16. The number of rotatable bonds is 2. The number of piperazine rings is 1. The van der Waals surface area contributed by atoms with E-state index in [0.29, 0.717) is 17.3 Å². The van der Waals surface area contributed by atoms with E-state index in [9.17, 15) is 9.59 Å². The van der Waals surface area contributed by atoms with Gasteiger partial charge < -0.3 is 10.2 Å². The van der Waals surface area contributed by atoms with Gasteiger partial charge in [-0.25, -0.2) is 0 Å². The number of amides is 1. The molecule has 20 heavy (non-hydrogen) atoms. The summed E-state index contributed by atoms with van der Waals surface area (Å²) in [5.74, 6) is -0.960. The Morgan fingerprint density at radius 3 is 2.85 bits per heavy atom. The number of fused-ring (bicyclic) bond motifs is 1. The molecule has 5 heteroatoms. The largest absolute Gasteiger partial charge is 0.369 e. The van der Waals surface area contributed by atoms with Gasteiger partial charge >= 0.3 is 0 Å². The average Bonchev–Trinajstić information content (AvgIpc) is 2.74. The van der Waals surface area contributed by atoms with Crippen LogP contribution in [0.15, 0.2) is 18.2 Å². The molecule has 1 fully saturated rings. The van der Waals surface area contributed by atoms with Gasteiger partial charge in [-0.2, -0.15) is 0 Å². The van der Waals surface area contributed by atoms with Crippen molar-refractivity contribution in [3.63, 3.8) is 0 Å². The van der Waals surface area contributed by atoms with Crippen molar-refractivity contribution in [1.82, 2.24) is 4.90 Å². The molecule has 0 spiro atoms. The van der Waals surface area contributed by atoms with Gasteiger partial charge in [0.05, 0.1) is 11.3 Å². The summed E-state index contributed by atoms with van der Waals surface area (Å²) in [4.78, 5) is 27.7. The van der Waals surface area contributed by atoms with E-state index in [1.165, 1.54) is 0 Å². The highest BCUT2D eigenvalue weighted by Crippen LogP contribution is 2.29. The summed E-state index contributed by atoms with van der Waals surface area (Å²) >= 11 is 0. The fourth-order valence-corrected chi connectivity index (χ4v) is 2.95. The van der Waals surface area contributed by atoms with Gasteiger partial charge in [-0.15, -0.1) is 0 Å². The standard InChI is InChI=1S/C15H19N3O2/c1-3-10-9-18(7-6-17(10)2)11-4-5-12-13(8-11)16-15(20)14(12)19/h4-5,8,10H,3,6-7,9H2,1-2H3,(H,16,19,20). The fraction of sp³-hybridized carbons (Fsp3) is 0.467. The first-order valence-corrected chi connectivity index (χ1v) is 7.05. The number of hydrogen-bond donors (Lipinski definition) is 1. The summed E-state index contributed by atoms with van der Waals surface area (Å²) in [6.45, 7) is 5.18. The molecule has 1 N–H and O–H groups in total. The molecule has 1 atom stereocenters. The van der Waals surface area contributed by atoms with E-state index in [2.05, 4.69) is 29.1 Å². The maximum absolute atomic E-state index is 11.6. The van der Waals surface area contributed by atoms with Gasteiger partial charge in [-0.05, 0) is 31.7 Å². The Morgan fingerprint density at radius 1 is 1.30 bits per heavy atom. The minimum atomic E-state index is -0.526. The second kappa shape index (κ2) is 4.90. The first kappa shape index (κ1) is 13.1. The molecule has 1 amide bonds. The normalized spacial score (nSPS) is 22.9. The second-order valence-electron chi connectivity index (χ2n) is 5.50. The minimum Gasteiger partial charge on any atom is -0.369 e. The van der Waals surface area contributed by atoms with Crippen LogP contribution in [0.3, 0.4) is 0 Å². The van der Waals surface area contributed by atoms with Gasteiger partial charge in [-0.3, -0.25) is 14.5 Å². The van der Waals surface area contributed by atoms with Gasteiger partial charge in [0.2, 0.25) is 0 Å². The molecular formula is C15H19N3O2. The molecular weight excluding hydrogens is 254 g/mol. The first-order chi connectivity index (χ1) is 9.60. The number of carbonyl (C=O) groups is 2. The van der Waals surface area contributed by atoms with Gasteiger partial charge in [0.15, 0.2) is 0 Å². The van der Waals surface area contributed by atoms with Crippen molar-refractivity contribution in [3.05, 3.63) is 23.8 Å². The Balaban J connectivity index is 1.84. The molecule has 1 unspecified atom stereocenters. The van der Waals surface area contributed by atoms with Crippen LogP contribution in [0.2, 0.25) is 0 Å². The summed E-state index contributed by atoms with van der Waals surface area (Å²) < 4.78 is 0. The topological polar surface area (TPSA) is 52.7 Å². The van der Waals surface area contributed by atoms with E-state index < -0.39 is 11.7 Å². The van der Waals surface area contributed by atoms with Crippen LogP contribution < -0.4 is 10.2 Å². The zero-order valence-electron chi connectivity index (χ0n) is 11.8. The van der Waals surface area contributed by atoms with E-state index >= 15 is 0 Å². The van der Waals surface area contributed by atoms with Crippen LogP contribution in [0.5, 0.6) is 0 Å². The summed E-state index contributed by atoms with van der Waals surface area (Å²) in [6.07, 6.45) is 1.12. The molecule has 0 radical (unpaired) electrons. The maximum Gasteiger partial charge on any atom is 0.296 e. The number of Topliss-reactive ketones (excluding diaryl/α,β-unsaturated/α-hetero) is 1. The molecule has 1 aromatic carbocycles. The molecule has 0 aliphatic carbocycles. The van der Waals surface area contributed by atoms with Crippen molar-refractivity contribution in [3.8, 4) is 0 Å². The third-order valence-electron chi connectivity index (χ3n) is 4.32. The Bertz CT molecular complexity index is 570. The quantitative estimate of drug-likeness (QED) is 0.827. The van der Waals surface area contributed by atoms with Crippen molar-refractivity contribution in [1.29, 1.82) is 0 Å². The molecule has 0 aromatic heterocycles. The van der Waals surface area contributed by atoms with Crippen LogP contribution in [-0.4, -0.2) is 49.3 Å². The maximum atomic E-state index is 11.6. The number of nitrogens with one attached hydrogen (secondary N) is 1. The lowest BCUT2D eigenvalue weighted by molar-refractivity contribution is -0.112. The van der Waals surface area contributed by atoms with E-state index in [1.54, 1.807) is 6.07 Å². The van der Waals surface area contributed by atoms with E-state index in [4.69, 9.17) is 0 Å². The van der Waals surface area contributed by atoms with Crippen LogP contribution in [0, 0.1) is 0 Å². The van der Waals surface area contributed by atoms with E-state index in [-0.39, 0.29) is 0 Å². The highest BCUT2D eigenvalue weighted by molar-refractivity contribution is 6.51. The third-order valence-corrected chi connectivity index (χ3v) is 4.32. The molecule has 1 saturated heterocycles. The molecule has 2 aliphatic rings. The summed E-state index contributed by atoms with van der Waals surface area (Å²) in [5, 5.41) is 2.64. The van der Waals surface area contributed by atoms with Crippen molar-refractivity contribution >= 4 is 23.1 Å². The Kier molecular flexibility index (Phi) is 3.22. The molecule has 0 bridgehead atoms. The lowest BCUT2D eigenvalue weighted by Crippen LogP contribution is -2.51. The highest BCUT2D eigenvalue weighted by Gasteiger charge is 2.29. The van der Waals surface area contributed by atoms with Gasteiger partial charge in [0.25, 0.3) is 11.7 Å². The van der Waals surface area contributed by atoms with Crippen LogP contribution in [0.25, 0.3) is 0 Å². The van der Waals surface area contributed by atoms with Gasteiger partial charge in [-0.1, -0.05) is 6.92 Å². The van der Waals surface area contributed by atoms with E-state index in [1.807, 2.05) is 12.1 Å². The molecule has 106 valence electrons. The summed E-state index contributed by atoms with van der Waals surface area (Å²) in [7, 11) is 2.16. The average molecular weight is 273 g/mol. The highest BCUT2D eigenvalue weighted by atomic mass is 16.2. The number of benzene rings is 1. The fourth-order valence-electron chi connectivity index (χ4n) is 2.95. The van der Waals surface area contributed by atoms with Crippen molar-refractivity contribution in [2.24, 2.45) is 0 Å². The molecule has 2 aliphatic heterocycles. The number of hydrogen-bond acceptors (Lipinski definition) is 4. The zero-order chi connectivity index (χ0) is 14.3. The number of nitrogens with zero attached hydrogens (tertiary/aromatic N) is 2. The molecule has 2 heterocycles. The van der Waals surface area contributed by atoms with Crippen LogP contribution in [0.4, 0.5) is 11.4 Å². The summed E-state index contributed by atoms with van der Waals surface area (Å²) in [5.41, 5.74) is 2.20. The predicted molar refractivity (Wildman–Crippen MR) is 78.3 cm³/mol. The smallest absolute Gasteiger partial charge is 0.296 e. The Hall–Kier alpha value is -1.88. The van der Waals surface area contributed by atoms with E-state index in [0.717, 1.165) is 31.7 Å². The van der Waals surface area contributed by atoms with Crippen molar-refractivity contribution in [2.75, 3.05) is 36.9 Å². The van der Waals surface area contributed by atoms with Gasteiger partial charge in [0.1, 0.15) is 0 Å². The van der Waals surface area contributed by atoms with Crippen molar-refractivity contribution in [2.45, 2.75) is 19.4 Å². The second-order valence-corrected chi connectivity index (χ2v) is 5.50. The van der Waals surface area contributed by atoms with Crippen LogP contribution >= 0.6 is 0 Å². The number of ketones is 1. The van der Waals surface area contributed by atoms with Crippen LogP contribution in [0.1, 0.15) is 23.7 Å². The lowest BCUT2D eigenvalue weighted by atomic mass is 10.1. The molecule has 1 aromatic rings. The molecule has 0 saturated carbocycles. The number of likely N-dealkylation sites (N-methyl/N-ethyl adjacent to an activating group) is 1.